The summed E-state index contributed by atoms with van der Waals surface area (Å²) in [5.41, 5.74) is 1.21. The molecule has 0 aliphatic rings. The van der Waals surface area contributed by atoms with Gasteiger partial charge in [0.2, 0.25) is 11.8 Å². The summed E-state index contributed by atoms with van der Waals surface area (Å²) in [6.07, 6.45) is 0. The molecule has 0 bridgehead atoms. The fourth-order valence-corrected chi connectivity index (χ4v) is 4.27. The fraction of sp³-hybridized carbons (Fsp3) is 0.0938. The van der Waals surface area contributed by atoms with Crippen molar-refractivity contribution in [2.45, 2.75) is 6.54 Å². The van der Waals surface area contributed by atoms with Crippen LogP contribution in [0.2, 0.25) is 0 Å². The zero-order valence-electron chi connectivity index (χ0n) is 22.6. The van der Waals surface area contributed by atoms with Crippen LogP contribution in [-0.4, -0.2) is 40.7 Å². The Bertz CT molecular complexity index is 1770. The molecule has 218 valence electrons. The standard InChI is InChI=1S/C32H25F3N4O4/c33-22-5-10-25(11-6-22)43-26-12-8-24(9-13-26)37-31(41)19-39(18-30(40)36-17-20-3-1-2-4-27(20)35)32(42)29-16-21-15-23(34)7-14-28(21)38-29/h1-16,38H,17-19H2,(H,36,40)(H,37,41). The second-order valence-corrected chi connectivity index (χ2v) is 9.57. The molecule has 0 unspecified atom stereocenters. The summed E-state index contributed by atoms with van der Waals surface area (Å²) in [6.45, 7) is -1.11. The van der Waals surface area contributed by atoms with Gasteiger partial charge in [-0.25, -0.2) is 13.2 Å². The first-order chi connectivity index (χ1) is 20.7. The maximum Gasteiger partial charge on any atom is 0.271 e. The van der Waals surface area contributed by atoms with E-state index in [1.807, 2.05) is 0 Å². The largest absolute Gasteiger partial charge is 0.457 e. The summed E-state index contributed by atoms with van der Waals surface area (Å²) in [7, 11) is 0. The predicted molar refractivity (Wildman–Crippen MR) is 154 cm³/mol. The number of nitrogens with zero attached hydrogens (tertiary/aromatic N) is 1. The van der Waals surface area contributed by atoms with Crippen LogP contribution >= 0.6 is 0 Å². The quantitative estimate of drug-likeness (QED) is 0.193. The highest BCUT2D eigenvalue weighted by Gasteiger charge is 2.23. The van der Waals surface area contributed by atoms with E-state index in [4.69, 9.17) is 4.74 Å². The number of halogens is 3. The first-order valence-electron chi connectivity index (χ1n) is 13.1. The molecule has 8 nitrogen and oxygen atoms in total. The molecule has 0 saturated carbocycles. The van der Waals surface area contributed by atoms with Gasteiger partial charge in [0.1, 0.15) is 47.7 Å². The van der Waals surface area contributed by atoms with Crippen molar-refractivity contribution in [3.8, 4) is 11.5 Å². The number of fused-ring (bicyclic) bond motifs is 1. The third-order valence-electron chi connectivity index (χ3n) is 6.39. The van der Waals surface area contributed by atoms with Gasteiger partial charge in [0.25, 0.3) is 5.91 Å². The molecular weight excluding hydrogens is 561 g/mol. The minimum absolute atomic E-state index is 0.0533. The van der Waals surface area contributed by atoms with Crippen molar-refractivity contribution >= 4 is 34.3 Å². The maximum atomic E-state index is 14.0. The minimum atomic E-state index is -0.671. The van der Waals surface area contributed by atoms with Crippen LogP contribution in [0, 0.1) is 17.5 Å². The molecule has 0 fully saturated rings. The van der Waals surface area contributed by atoms with Crippen LogP contribution in [0.1, 0.15) is 16.1 Å². The van der Waals surface area contributed by atoms with E-state index < -0.39 is 42.4 Å². The van der Waals surface area contributed by atoms with E-state index in [0.717, 1.165) is 4.90 Å². The summed E-state index contributed by atoms with van der Waals surface area (Å²) in [5.74, 6) is -2.37. The molecular formula is C32H25F3N4O4. The van der Waals surface area contributed by atoms with Crippen LogP contribution in [-0.2, 0) is 16.1 Å². The summed E-state index contributed by atoms with van der Waals surface area (Å²) in [5, 5.41) is 5.68. The molecule has 3 amide bonds. The molecule has 0 aliphatic carbocycles. The van der Waals surface area contributed by atoms with Crippen LogP contribution in [0.3, 0.4) is 0 Å². The number of hydrogen-bond donors (Lipinski definition) is 3. The van der Waals surface area contributed by atoms with E-state index in [1.165, 1.54) is 66.7 Å². The maximum absolute atomic E-state index is 14.0. The Labute approximate surface area is 244 Å². The summed E-state index contributed by atoms with van der Waals surface area (Å²) >= 11 is 0. The number of hydrogen-bond acceptors (Lipinski definition) is 4. The average molecular weight is 587 g/mol. The number of nitrogens with one attached hydrogen (secondary N) is 3. The lowest BCUT2D eigenvalue weighted by molar-refractivity contribution is -0.122. The van der Waals surface area contributed by atoms with Crippen molar-refractivity contribution in [3.05, 3.63) is 126 Å². The third-order valence-corrected chi connectivity index (χ3v) is 6.39. The minimum Gasteiger partial charge on any atom is -0.457 e. The number of benzene rings is 4. The van der Waals surface area contributed by atoms with Crippen molar-refractivity contribution in [3.63, 3.8) is 0 Å². The molecule has 1 aromatic heterocycles. The van der Waals surface area contributed by atoms with Gasteiger partial charge in [-0.05, 0) is 78.9 Å². The van der Waals surface area contributed by atoms with Gasteiger partial charge in [0.05, 0.1) is 0 Å². The first kappa shape index (κ1) is 28.9. The van der Waals surface area contributed by atoms with Gasteiger partial charge in [0, 0.05) is 28.7 Å². The Kier molecular flexibility index (Phi) is 8.71. The summed E-state index contributed by atoms with van der Waals surface area (Å²) in [6, 6.07) is 23.2. The van der Waals surface area contributed by atoms with Gasteiger partial charge < -0.3 is 25.3 Å². The van der Waals surface area contributed by atoms with E-state index in [9.17, 15) is 27.6 Å². The number of H-pyrrole nitrogens is 1. The smallest absolute Gasteiger partial charge is 0.271 e. The number of anilines is 1. The number of rotatable bonds is 10. The monoisotopic (exact) mass is 586 g/mol. The molecule has 0 spiro atoms. The van der Waals surface area contributed by atoms with Crippen molar-refractivity contribution in [2.24, 2.45) is 0 Å². The Hall–Kier alpha value is -5.58. The van der Waals surface area contributed by atoms with Crippen LogP contribution in [0.5, 0.6) is 11.5 Å². The molecule has 3 N–H and O–H groups in total. The van der Waals surface area contributed by atoms with Crippen molar-refractivity contribution in [2.75, 3.05) is 18.4 Å². The summed E-state index contributed by atoms with van der Waals surface area (Å²) < 4.78 is 46.5. The van der Waals surface area contributed by atoms with Crippen LogP contribution < -0.4 is 15.4 Å². The van der Waals surface area contributed by atoms with Gasteiger partial charge in [-0.15, -0.1) is 0 Å². The highest BCUT2D eigenvalue weighted by atomic mass is 19.1. The lowest BCUT2D eigenvalue weighted by Gasteiger charge is -2.21. The number of carbonyl (C=O) groups is 3. The molecule has 4 aromatic carbocycles. The number of carbonyl (C=O) groups excluding carboxylic acids is 3. The molecule has 5 rings (SSSR count). The second-order valence-electron chi connectivity index (χ2n) is 9.57. The SMILES string of the molecule is O=C(CN(CC(=O)Nc1ccc(Oc2ccc(F)cc2)cc1)C(=O)c1cc2cc(F)ccc2[nH]1)NCc1ccccc1F. The topological polar surface area (TPSA) is 104 Å². The first-order valence-corrected chi connectivity index (χ1v) is 13.1. The third kappa shape index (κ3) is 7.59. The normalized spacial score (nSPS) is 10.8. The van der Waals surface area contributed by atoms with Gasteiger partial charge in [0.15, 0.2) is 0 Å². The van der Waals surface area contributed by atoms with Gasteiger partial charge in [-0.3, -0.25) is 14.4 Å². The van der Waals surface area contributed by atoms with Crippen molar-refractivity contribution in [1.29, 1.82) is 0 Å². The Morgan fingerprint density at radius 3 is 2.12 bits per heavy atom. The van der Waals surface area contributed by atoms with E-state index in [1.54, 1.807) is 30.3 Å². The van der Waals surface area contributed by atoms with Gasteiger partial charge in [-0.1, -0.05) is 18.2 Å². The van der Waals surface area contributed by atoms with E-state index in [0.29, 0.717) is 28.1 Å². The fourth-order valence-electron chi connectivity index (χ4n) is 4.27. The van der Waals surface area contributed by atoms with E-state index in [2.05, 4.69) is 15.6 Å². The zero-order valence-corrected chi connectivity index (χ0v) is 22.6. The zero-order chi connectivity index (χ0) is 30.3. The highest BCUT2D eigenvalue weighted by molar-refractivity contribution is 6.02. The Morgan fingerprint density at radius 1 is 0.744 bits per heavy atom. The van der Waals surface area contributed by atoms with Crippen molar-refractivity contribution in [1.82, 2.24) is 15.2 Å². The lowest BCUT2D eigenvalue weighted by Crippen LogP contribution is -2.44. The summed E-state index contributed by atoms with van der Waals surface area (Å²) in [4.78, 5) is 43.1. The molecule has 0 saturated heterocycles. The van der Waals surface area contributed by atoms with Gasteiger partial charge in [-0.2, -0.15) is 0 Å². The molecule has 1 heterocycles. The number of amides is 3. The highest BCUT2D eigenvalue weighted by Crippen LogP contribution is 2.23. The van der Waals surface area contributed by atoms with Gasteiger partial charge >= 0.3 is 0 Å². The number of aromatic amines is 1. The molecule has 0 aliphatic heterocycles. The molecule has 43 heavy (non-hydrogen) atoms. The second kappa shape index (κ2) is 12.9. The van der Waals surface area contributed by atoms with Crippen LogP contribution in [0.4, 0.5) is 18.9 Å². The number of ether oxygens (including phenoxy) is 1. The average Bonchev–Trinajstić information content (AvgIpc) is 3.41. The Morgan fingerprint density at radius 2 is 1.40 bits per heavy atom. The molecule has 11 heteroatoms. The van der Waals surface area contributed by atoms with Crippen LogP contribution in [0.15, 0.2) is 97.1 Å². The van der Waals surface area contributed by atoms with E-state index >= 15 is 0 Å². The lowest BCUT2D eigenvalue weighted by atomic mass is 10.2. The van der Waals surface area contributed by atoms with Crippen LogP contribution in [0.25, 0.3) is 10.9 Å². The Balaban J connectivity index is 1.27. The predicted octanol–water partition coefficient (Wildman–Crippen LogP) is 5.77. The number of aromatic nitrogens is 1. The molecule has 0 atom stereocenters. The van der Waals surface area contributed by atoms with Crippen molar-refractivity contribution < 1.29 is 32.3 Å². The van der Waals surface area contributed by atoms with E-state index in [-0.39, 0.29) is 23.6 Å². The molecule has 5 aromatic rings. The molecule has 0 radical (unpaired) electrons.